The van der Waals surface area contributed by atoms with Gasteiger partial charge in [0.25, 0.3) is 5.91 Å². The Labute approximate surface area is 157 Å². The third-order valence-electron chi connectivity index (χ3n) is 4.36. The van der Waals surface area contributed by atoms with Crippen LogP contribution in [0.25, 0.3) is 0 Å². The first-order valence-corrected chi connectivity index (χ1v) is 8.74. The highest BCUT2D eigenvalue weighted by molar-refractivity contribution is 6.30. The zero-order valence-corrected chi connectivity index (χ0v) is 16.0. The van der Waals surface area contributed by atoms with Crippen molar-refractivity contribution in [2.24, 2.45) is 0 Å². The molecule has 0 aliphatic heterocycles. The summed E-state index contributed by atoms with van der Waals surface area (Å²) in [4.78, 5) is 12.7. The largest absolute Gasteiger partial charge is 0.361 e. The van der Waals surface area contributed by atoms with Gasteiger partial charge in [0.15, 0.2) is 5.69 Å². The zero-order valence-electron chi connectivity index (χ0n) is 15.2. The molecule has 0 aliphatic rings. The maximum absolute atomic E-state index is 12.7. The highest BCUT2D eigenvalue weighted by Gasteiger charge is 2.22. The van der Waals surface area contributed by atoms with Gasteiger partial charge in [0.2, 0.25) is 0 Å². The molecular weight excluding hydrogens is 352 g/mol. The summed E-state index contributed by atoms with van der Waals surface area (Å²) in [6, 6.07) is 6.03. The molecule has 0 saturated carbocycles. The van der Waals surface area contributed by atoms with Crippen molar-refractivity contribution in [2.45, 2.75) is 40.3 Å². The van der Waals surface area contributed by atoms with Crippen molar-refractivity contribution in [1.82, 2.24) is 20.3 Å². The summed E-state index contributed by atoms with van der Waals surface area (Å²) in [6.07, 6.45) is 3.24. The van der Waals surface area contributed by atoms with Crippen LogP contribution < -0.4 is 5.32 Å². The maximum Gasteiger partial charge on any atom is 0.274 e. The van der Waals surface area contributed by atoms with Crippen LogP contribution in [0.4, 0.5) is 0 Å². The first kappa shape index (κ1) is 18.2. The molecule has 1 amide bonds. The van der Waals surface area contributed by atoms with Crippen LogP contribution >= 0.6 is 11.6 Å². The van der Waals surface area contributed by atoms with Crippen LogP contribution in [0.1, 0.15) is 51.5 Å². The minimum atomic E-state index is -0.275. The lowest BCUT2D eigenvalue weighted by Gasteiger charge is -2.16. The Morgan fingerprint density at radius 2 is 2.12 bits per heavy atom. The number of carbonyl (C=O) groups excluding carboxylic acids is 1. The second-order valence-electron chi connectivity index (χ2n) is 6.48. The Bertz CT molecular complexity index is 945. The van der Waals surface area contributed by atoms with Crippen molar-refractivity contribution in [1.29, 1.82) is 0 Å². The van der Waals surface area contributed by atoms with E-state index in [4.69, 9.17) is 16.1 Å². The van der Waals surface area contributed by atoms with Gasteiger partial charge in [0.05, 0.1) is 23.8 Å². The summed E-state index contributed by atoms with van der Waals surface area (Å²) in [6.45, 7) is 8.18. The zero-order chi connectivity index (χ0) is 18.8. The van der Waals surface area contributed by atoms with Gasteiger partial charge in [-0.15, -0.1) is 0 Å². The minimum Gasteiger partial charge on any atom is -0.361 e. The van der Waals surface area contributed by atoms with Crippen molar-refractivity contribution in [3.63, 3.8) is 0 Å². The van der Waals surface area contributed by atoms with Crippen molar-refractivity contribution in [2.75, 3.05) is 0 Å². The topological polar surface area (TPSA) is 73.0 Å². The lowest BCUT2D eigenvalue weighted by Crippen LogP contribution is -2.28. The van der Waals surface area contributed by atoms with Crippen molar-refractivity contribution in [3.8, 4) is 0 Å². The predicted octanol–water partition coefficient (Wildman–Crippen LogP) is 3.99. The molecule has 7 heteroatoms. The van der Waals surface area contributed by atoms with Crippen LogP contribution in [0.2, 0.25) is 5.02 Å². The van der Waals surface area contributed by atoms with Crippen molar-refractivity contribution >= 4 is 17.5 Å². The van der Waals surface area contributed by atoms with E-state index in [0.717, 1.165) is 11.1 Å². The van der Waals surface area contributed by atoms with Gasteiger partial charge < -0.3 is 9.84 Å². The van der Waals surface area contributed by atoms with Crippen LogP contribution in [0.5, 0.6) is 0 Å². The van der Waals surface area contributed by atoms with E-state index in [0.29, 0.717) is 22.9 Å². The van der Waals surface area contributed by atoms with Gasteiger partial charge in [0.1, 0.15) is 5.76 Å². The van der Waals surface area contributed by atoms with E-state index in [1.807, 2.05) is 32.9 Å². The van der Waals surface area contributed by atoms with E-state index in [2.05, 4.69) is 21.6 Å². The number of aromatic nitrogens is 3. The second kappa shape index (κ2) is 7.33. The molecule has 0 radical (unpaired) electrons. The molecule has 26 heavy (non-hydrogen) atoms. The molecule has 1 atom stereocenters. The Hall–Kier alpha value is -2.60. The van der Waals surface area contributed by atoms with Gasteiger partial charge in [-0.05, 0) is 38.8 Å². The number of nitrogens with one attached hydrogen (secondary N) is 1. The molecule has 6 nitrogen and oxygen atoms in total. The van der Waals surface area contributed by atoms with Crippen LogP contribution in [0.15, 0.2) is 35.1 Å². The Morgan fingerprint density at radius 3 is 2.77 bits per heavy atom. The Morgan fingerprint density at radius 1 is 1.35 bits per heavy atom. The van der Waals surface area contributed by atoms with Crippen LogP contribution in [0, 0.1) is 20.8 Å². The first-order valence-electron chi connectivity index (χ1n) is 8.36. The fourth-order valence-corrected chi connectivity index (χ4v) is 3.15. The Balaban J connectivity index is 1.79. The van der Waals surface area contributed by atoms with Gasteiger partial charge in [-0.2, -0.15) is 5.10 Å². The summed E-state index contributed by atoms with van der Waals surface area (Å²) < 4.78 is 6.88. The molecular formula is C19H21ClN4O2. The Kier molecular flexibility index (Phi) is 5.13. The molecule has 136 valence electrons. The predicted molar refractivity (Wildman–Crippen MR) is 99.4 cm³/mol. The summed E-state index contributed by atoms with van der Waals surface area (Å²) in [7, 11) is 0. The number of nitrogens with zero attached hydrogens (tertiary/aromatic N) is 3. The summed E-state index contributed by atoms with van der Waals surface area (Å²) >= 11 is 5.90. The van der Waals surface area contributed by atoms with E-state index >= 15 is 0 Å². The molecule has 1 unspecified atom stereocenters. The minimum absolute atomic E-state index is 0.146. The quantitative estimate of drug-likeness (QED) is 0.735. The van der Waals surface area contributed by atoms with Gasteiger partial charge in [-0.3, -0.25) is 9.48 Å². The van der Waals surface area contributed by atoms with Gasteiger partial charge in [-0.25, -0.2) is 0 Å². The van der Waals surface area contributed by atoms with Gasteiger partial charge in [-0.1, -0.05) is 40.5 Å². The third-order valence-corrected chi connectivity index (χ3v) is 4.56. The molecule has 0 bridgehead atoms. The standard InChI is InChI=1S/C19H21ClN4O2/c1-11-5-6-16(12(2)7-11)13(3)22-19(25)18-17(14(4)26-23-18)10-24-9-15(20)8-21-24/h5-9,13H,10H2,1-4H3,(H,22,25). The number of hydrogen-bond acceptors (Lipinski definition) is 4. The average molecular weight is 373 g/mol. The summed E-state index contributed by atoms with van der Waals surface area (Å²) in [5.74, 6) is 0.309. The molecule has 3 aromatic rings. The monoisotopic (exact) mass is 372 g/mol. The average Bonchev–Trinajstić information content (AvgIpc) is 3.14. The molecule has 0 saturated heterocycles. The van der Waals surface area contributed by atoms with E-state index in [1.54, 1.807) is 24.0 Å². The highest BCUT2D eigenvalue weighted by atomic mass is 35.5. The molecule has 0 fully saturated rings. The fourth-order valence-electron chi connectivity index (χ4n) is 3.00. The van der Waals surface area contributed by atoms with E-state index in [9.17, 15) is 4.79 Å². The first-order chi connectivity index (χ1) is 12.3. The number of halogens is 1. The molecule has 0 aliphatic carbocycles. The van der Waals surface area contributed by atoms with Crippen LogP contribution in [0.3, 0.4) is 0 Å². The fraction of sp³-hybridized carbons (Fsp3) is 0.316. The van der Waals surface area contributed by atoms with Crippen LogP contribution in [-0.4, -0.2) is 20.8 Å². The highest BCUT2D eigenvalue weighted by Crippen LogP contribution is 2.21. The molecule has 1 N–H and O–H groups in total. The van der Waals surface area contributed by atoms with E-state index in [1.165, 1.54) is 5.56 Å². The molecule has 2 heterocycles. The molecule has 2 aromatic heterocycles. The molecule has 0 spiro atoms. The number of amides is 1. The van der Waals surface area contributed by atoms with E-state index < -0.39 is 0 Å². The number of benzene rings is 1. The van der Waals surface area contributed by atoms with Gasteiger partial charge >= 0.3 is 0 Å². The summed E-state index contributed by atoms with van der Waals surface area (Å²) in [5, 5.41) is 11.6. The van der Waals surface area contributed by atoms with Crippen molar-refractivity contribution in [3.05, 3.63) is 69.3 Å². The molecule has 1 aromatic carbocycles. The number of hydrogen-bond donors (Lipinski definition) is 1. The molecule has 3 rings (SSSR count). The number of carbonyl (C=O) groups is 1. The number of aryl methyl sites for hydroxylation is 3. The normalized spacial score (nSPS) is 12.2. The smallest absolute Gasteiger partial charge is 0.274 e. The van der Waals surface area contributed by atoms with Crippen LogP contribution in [-0.2, 0) is 6.54 Å². The van der Waals surface area contributed by atoms with Gasteiger partial charge in [0, 0.05) is 11.8 Å². The van der Waals surface area contributed by atoms with Crippen molar-refractivity contribution < 1.29 is 9.32 Å². The maximum atomic E-state index is 12.7. The second-order valence-corrected chi connectivity index (χ2v) is 6.91. The summed E-state index contributed by atoms with van der Waals surface area (Å²) in [5.41, 5.74) is 4.36. The lowest BCUT2D eigenvalue weighted by molar-refractivity contribution is 0.0929. The third kappa shape index (κ3) is 3.80. The number of rotatable bonds is 5. The SMILES string of the molecule is Cc1ccc(C(C)NC(=O)c2noc(C)c2Cn2cc(Cl)cn2)c(C)c1. The lowest BCUT2D eigenvalue weighted by atomic mass is 10.00. The van der Waals surface area contributed by atoms with E-state index in [-0.39, 0.29) is 17.6 Å².